The first kappa shape index (κ1) is 27.0. The molecule has 0 radical (unpaired) electrons. The average molecular weight is 496 g/mol. The molecule has 2 aromatic heterocycles. The maximum absolute atomic E-state index is 12.3. The van der Waals surface area contributed by atoms with E-state index in [9.17, 15) is 24.3 Å². The normalized spacial score (nSPS) is 11.1. The molecule has 34 heavy (non-hydrogen) atoms. The Kier molecular flexibility index (Phi) is 10.2. The summed E-state index contributed by atoms with van der Waals surface area (Å²) < 4.78 is 2.12. The summed E-state index contributed by atoms with van der Waals surface area (Å²) in [5.41, 5.74) is 6.43. The number of hydrogen-bond donors (Lipinski definition) is 5. The molecule has 0 fully saturated rings. The molecule has 1 unspecified atom stereocenters. The molecule has 0 aliphatic rings. The first-order valence-electron chi connectivity index (χ1n) is 10.0. The van der Waals surface area contributed by atoms with Gasteiger partial charge in [-0.15, -0.1) is 0 Å². The van der Waals surface area contributed by atoms with Crippen LogP contribution in [0.4, 0.5) is 11.6 Å². The van der Waals surface area contributed by atoms with Crippen LogP contribution in [0.3, 0.4) is 0 Å². The Balaban J connectivity index is 0.00000199. The minimum atomic E-state index is -1.40. The van der Waals surface area contributed by atoms with E-state index in [1.54, 1.807) is 12.1 Å². The second-order valence-electron chi connectivity index (χ2n) is 6.69. The number of H-pyrrole nitrogens is 1. The summed E-state index contributed by atoms with van der Waals surface area (Å²) in [5.74, 6) is -3.46. The summed E-state index contributed by atoms with van der Waals surface area (Å²) >= 11 is 1.38. The molecule has 0 spiro atoms. The second kappa shape index (κ2) is 12.8. The van der Waals surface area contributed by atoms with Crippen LogP contribution in [-0.2, 0) is 16.1 Å². The Morgan fingerprint density at radius 3 is 2.50 bits per heavy atom. The number of fused-ring (bicyclic) bond motifs is 1. The summed E-state index contributed by atoms with van der Waals surface area (Å²) in [5, 5.41) is 25.0. The van der Waals surface area contributed by atoms with Crippen molar-refractivity contribution in [2.75, 3.05) is 11.1 Å². The molecule has 3 rings (SSSR count). The molecule has 174 valence electrons. The van der Waals surface area contributed by atoms with Crippen molar-refractivity contribution in [3.63, 3.8) is 0 Å². The first-order valence-corrected chi connectivity index (χ1v) is 12.2. The van der Waals surface area contributed by atoms with Crippen molar-refractivity contribution in [2.24, 2.45) is 0 Å². The number of benzene rings is 1. The van der Waals surface area contributed by atoms with Gasteiger partial charge in [-0.3, -0.25) is 14.6 Å². The fourth-order valence-electron chi connectivity index (χ4n) is 2.75. The number of carboxylic acid groups (broad SMARTS) is 2. The summed E-state index contributed by atoms with van der Waals surface area (Å²) in [6, 6.07) is 4.78. The van der Waals surface area contributed by atoms with E-state index in [0.29, 0.717) is 11.4 Å². The molecule has 14 heteroatoms. The van der Waals surface area contributed by atoms with Crippen LogP contribution in [0, 0.1) is 0 Å². The average Bonchev–Trinajstić information content (AvgIpc) is 2.81. The van der Waals surface area contributed by atoms with Gasteiger partial charge in [-0.2, -0.15) is 4.98 Å². The van der Waals surface area contributed by atoms with Gasteiger partial charge in [0.05, 0.1) is 18.4 Å². The maximum atomic E-state index is 12.3. The molecular formula is C20H21CaN7O6. The fourth-order valence-corrected chi connectivity index (χ4v) is 2.75. The summed E-state index contributed by atoms with van der Waals surface area (Å²) in [6.07, 6.45) is 0.662. The number of nitrogens with zero attached hydrogens (tertiary/aromatic N) is 3. The minimum absolute atomic E-state index is 0.0529. The van der Waals surface area contributed by atoms with Gasteiger partial charge in [0, 0.05) is 17.2 Å². The number of aromatic nitrogens is 4. The second-order valence-corrected chi connectivity index (χ2v) is 6.69. The van der Waals surface area contributed by atoms with Gasteiger partial charge in [-0.1, -0.05) is 0 Å². The number of amides is 1. The number of nitrogen functional groups attached to an aromatic ring is 1. The number of nitrogens with one attached hydrogen (secondary N) is 3. The SMILES string of the molecule is Nc1nc2ncc(CNc3ccc(C(=O)NC(CCC(=O)[O-])C(=O)O)cc3)nc2c(=O)[nH]1.[CH3][Ca+]. The van der Waals surface area contributed by atoms with E-state index in [-0.39, 0.29) is 35.6 Å². The van der Waals surface area contributed by atoms with Crippen LogP contribution in [-0.4, -0.2) is 84.7 Å². The number of anilines is 2. The van der Waals surface area contributed by atoms with Gasteiger partial charge >= 0.3 is 44.8 Å². The Bertz CT molecular complexity index is 1230. The monoisotopic (exact) mass is 495 g/mol. The van der Waals surface area contributed by atoms with E-state index in [4.69, 9.17) is 10.8 Å². The van der Waals surface area contributed by atoms with Crippen molar-refractivity contribution in [1.82, 2.24) is 25.3 Å². The van der Waals surface area contributed by atoms with E-state index in [0.717, 1.165) is 0 Å². The Hall–Kier alpha value is -3.29. The number of carbonyl (C=O) groups is 3. The van der Waals surface area contributed by atoms with E-state index in [1.165, 1.54) is 54.1 Å². The summed E-state index contributed by atoms with van der Waals surface area (Å²) in [6.45, 7) is 0.225. The molecule has 2 heterocycles. The molecule has 1 amide bonds. The zero-order valence-corrected chi connectivity index (χ0v) is 20.4. The molecule has 0 aliphatic heterocycles. The van der Waals surface area contributed by atoms with Crippen LogP contribution in [0.5, 0.6) is 0 Å². The van der Waals surface area contributed by atoms with Gasteiger partial charge in [-0.25, -0.2) is 14.8 Å². The Labute approximate surface area is 216 Å². The molecule has 0 saturated carbocycles. The van der Waals surface area contributed by atoms with Crippen molar-refractivity contribution in [3.05, 3.63) is 52.1 Å². The third-order valence-electron chi connectivity index (χ3n) is 4.35. The van der Waals surface area contributed by atoms with Crippen LogP contribution >= 0.6 is 0 Å². The zero-order chi connectivity index (χ0) is 25.3. The molecule has 0 bridgehead atoms. The van der Waals surface area contributed by atoms with Crippen LogP contribution in [0.15, 0.2) is 35.3 Å². The summed E-state index contributed by atoms with van der Waals surface area (Å²) in [4.78, 5) is 60.4. The van der Waals surface area contributed by atoms with E-state index in [1.807, 2.05) is 0 Å². The standard InChI is InChI=1S/C19H19N7O6.CH3.Ca/c20-19-25-15-14(17(30)26-19)23-11(8-22-15)7-21-10-3-1-9(2-4-10)16(29)24-12(18(31)32)5-6-13(27)28;;/h1-4,8,12,21H,5-7H2,(H,24,29)(H,27,28)(H,31,32)(H3,20,22,25,26,30);1H3;/q;;+1/p-1. The van der Waals surface area contributed by atoms with Gasteiger partial charge in [-0.05, 0) is 37.1 Å². The van der Waals surface area contributed by atoms with Gasteiger partial charge in [0.1, 0.15) is 6.04 Å². The molecule has 1 aromatic carbocycles. The van der Waals surface area contributed by atoms with Gasteiger partial charge in [0.25, 0.3) is 11.5 Å². The van der Waals surface area contributed by atoms with Gasteiger partial charge < -0.3 is 31.4 Å². The van der Waals surface area contributed by atoms with Crippen LogP contribution in [0.2, 0.25) is 3.02 Å². The fraction of sp³-hybridized carbons (Fsp3) is 0.250. The molecule has 3 aromatic rings. The molecule has 0 aliphatic carbocycles. The predicted octanol–water partition coefficient (Wildman–Crippen LogP) is -1.18. The van der Waals surface area contributed by atoms with Crippen LogP contribution < -0.4 is 27.0 Å². The number of hydrogen-bond acceptors (Lipinski definition) is 10. The Morgan fingerprint density at radius 2 is 1.88 bits per heavy atom. The van der Waals surface area contributed by atoms with Crippen molar-refractivity contribution < 1.29 is 24.6 Å². The molecule has 6 N–H and O–H groups in total. The number of nitrogens with two attached hydrogens (primary N) is 1. The van der Waals surface area contributed by atoms with E-state index >= 15 is 0 Å². The number of carbonyl (C=O) groups excluding carboxylic acids is 2. The Morgan fingerprint density at radius 1 is 1.21 bits per heavy atom. The molecule has 13 nitrogen and oxygen atoms in total. The number of carboxylic acids is 2. The van der Waals surface area contributed by atoms with E-state index in [2.05, 4.69) is 33.6 Å². The number of aromatic amines is 1. The first-order chi connectivity index (χ1) is 16.2. The van der Waals surface area contributed by atoms with Crippen molar-refractivity contribution >= 4 is 76.4 Å². The molecule has 1 atom stereocenters. The van der Waals surface area contributed by atoms with Crippen LogP contribution in [0.25, 0.3) is 11.2 Å². The third kappa shape index (κ3) is 7.64. The number of aliphatic carboxylic acids is 2. The topological polar surface area (TPSA) is 216 Å². The van der Waals surface area contributed by atoms with Crippen LogP contribution in [0.1, 0.15) is 28.9 Å². The van der Waals surface area contributed by atoms with Gasteiger partial charge in [0.15, 0.2) is 11.2 Å². The third-order valence-corrected chi connectivity index (χ3v) is 4.35. The van der Waals surface area contributed by atoms with Gasteiger partial charge in [0.2, 0.25) is 5.95 Å². The molecular weight excluding hydrogens is 474 g/mol. The number of rotatable bonds is 9. The van der Waals surface area contributed by atoms with Crippen molar-refractivity contribution in [1.29, 1.82) is 0 Å². The zero-order valence-electron chi connectivity index (χ0n) is 18.2. The quantitative estimate of drug-likeness (QED) is 0.223. The van der Waals surface area contributed by atoms with Crippen molar-refractivity contribution in [3.8, 4) is 0 Å². The van der Waals surface area contributed by atoms with E-state index < -0.39 is 35.9 Å². The summed E-state index contributed by atoms with van der Waals surface area (Å²) in [7, 11) is 0. The predicted molar refractivity (Wildman–Crippen MR) is 121 cm³/mol. The van der Waals surface area contributed by atoms with Crippen molar-refractivity contribution in [2.45, 2.75) is 28.4 Å². The molecule has 0 saturated heterocycles.